The van der Waals surface area contributed by atoms with Gasteiger partial charge in [-0.15, -0.1) is 0 Å². The van der Waals surface area contributed by atoms with Gasteiger partial charge in [0.25, 0.3) is 0 Å². The second kappa shape index (κ2) is 7.62. The number of aromatic nitrogens is 1. The van der Waals surface area contributed by atoms with Crippen molar-refractivity contribution in [3.05, 3.63) is 48.0 Å². The lowest BCUT2D eigenvalue weighted by molar-refractivity contribution is 0.270. The maximum atomic E-state index is 5.41. The Balaban J connectivity index is 1.51. The van der Waals surface area contributed by atoms with Crippen LogP contribution in [0.5, 0.6) is 0 Å². The van der Waals surface area contributed by atoms with Crippen molar-refractivity contribution in [3.8, 4) is 0 Å². The molecule has 2 aromatic rings. The number of hydrogen-bond acceptors (Lipinski definition) is 5. The predicted molar refractivity (Wildman–Crippen MR) is 92.5 cm³/mol. The van der Waals surface area contributed by atoms with Crippen LogP contribution in [0.15, 0.2) is 41.1 Å². The number of anilines is 1. The molecule has 23 heavy (non-hydrogen) atoms. The zero-order chi connectivity index (χ0) is 16.1. The van der Waals surface area contributed by atoms with Gasteiger partial charge in [-0.3, -0.25) is 0 Å². The van der Waals surface area contributed by atoms with Crippen LogP contribution in [-0.2, 0) is 6.54 Å². The van der Waals surface area contributed by atoms with Crippen LogP contribution < -0.4 is 10.2 Å². The maximum absolute atomic E-state index is 5.41. The van der Waals surface area contributed by atoms with Crippen LogP contribution >= 0.6 is 0 Å². The molecular formula is C18H26N4O. The fourth-order valence-corrected chi connectivity index (χ4v) is 2.91. The molecule has 0 unspecified atom stereocenters. The first kappa shape index (κ1) is 16.0. The third-order valence-electron chi connectivity index (χ3n) is 4.53. The number of nitrogens with zero attached hydrogens (tertiary/aromatic N) is 3. The molecule has 1 atom stereocenters. The van der Waals surface area contributed by atoms with Gasteiger partial charge in [0.05, 0.1) is 12.3 Å². The SMILES string of the molecule is CCN1CCN(c2ccc(CN[C@@H](C)c3ccco3)cn2)CC1. The van der Waals surface area contributed by atoms with E-state index in [1.165, 1.54) is 5.56 Å². The standard InChI is InChI=1S/C18H26N4O/c1-3-21-8-10-22(11-9-21)18-7-6-16(14-20-18)13-19-15(2)17-5-4-12-23-17/h4-7,12,14-15,19H,3,8-11,13H2,1-2H3/t15-/m0/s1. The van der Waals surface area contributed by atoms with Crippen LogP contribution in [0.1, 0.15) is 31.2 Å². The summed E-state index contributed by atoms with van der Waals surface area (Å²) in [6, 6.07) is 8.41. The highest BCUT2D eigenvalue weighted by atomic mass is 16.3. The van der Waals surface area contributed by atoms with Gasteiger partial charge in [0.2, 0.25) is 0 Å². The number of rotatable bonds is 6. The Kier molecular flexibility index (Phi) is 5.31. The van der Waals surface area contributed by atoms with Crippen molar-refractivity contribution in [1.82, 2.24) is 15.2 Å². The number of hydrogen-bond donors (Lipinski definition) is 1. The highest BCUT2D eigenvalue weighted by Crippen LogP contribution is 2.16. The molecule has 0 aromatic carbocycles. The molecule has 2 aromatic heterocycles. The minimum atomic E-state index is 0.201. The Morgan fingerprint density at radius 2 is 2.04 bits per heavy atom. The van der Waals surface area contributed by atoms with E-state index in [1.807, 2.05) is 18.3 Å². The molecule has 5 nitrogen and oxygen atoms in total. The third kappa shape index (κ3) is 4.12. The summed E-state index contributed by atoms with van der Waals surface area (Å²) in [6.45, 7) is 10.6. The first-order valence-electron chi connectivity index (χ1n) is 8.45. The average Bonchev–Trinajstić information content (AvgIpc) is 3.15. The second-order valence-corrected chi connectivity index (χ2v) is 6.06. The summed E-state index contributed by atoms with van der Waals surface area (Å²) in [6.07, 6.45) is 3.69. The van der Waals surface area contributed by atoms with Crippen molar-refractivity contribution in [1.29, 1.82) is 0 Å². The quantitative estimate of drug-likeness (QED) is 0.888. The largest absolute Gasteiger partial charge is 0.468 e. The van der Waals surface area contributed by atoms with Gasteiger partial charge in [0.15, 0.2) is 0 Å². The van der Waals surface area contributed by atoms with Crippen molar-refractivity contribution in [3.63, 3.8) is 0 Å². The molecule has 1 N–H and O–H groups in total. The summed E-state index contributed by atoms with van der Waals surface area (Å²) < 4.78 is 5.41. The number of likely N-dealkylation sites (N-methyl/N-ethyl adjacent to an activating group) is 1. The number of piperazine rings is 1. The Bertz CT molecular complexity index is 574. The van der Waals surface area contributed by atoms with Gasteiger partial charge in [-0.1, -0.05) is 13.0 Å². The lowest BCUT2D eigenvalue weighted by Crippen LogP contribution is -2.46. The topological polar surface area (TPSA) is 44.5 Å². The molecule has 1 aliphatic rings. The first-order chi connectivity index (χ1) is 11.3. The highest BCUT2D eigenvalue weighted by molar-refractivity contribution is 5.39. The normalized spacial score (nSPS) is 17.4. The molecule has 5 heteroatoms. The smallest absolute Gasteiger partial charge is 0.128 e. The Hall–Kier alpha value is -1.85. The van der Waals surface area contributed by atoms with E-state index in [0.29, 0.717) is 0 Å². The molecule has 1 saturated heterocycles. The Morgan fingerprint density at radius 1 is 1.22 bits per heavy atom. The lowest BCUT2D eigenvalue weighted by Gasteiger charge is -2.34. The third-order valence-corrected chi connectivity index (χ3v) is 4.53. The molecule has 3 heterocycles. The molecule has 3 rings (SSSR count). The molecule has 0 bridgehead atoms. The molecular weight excluding hydrogens is 288 g/mol. The van der Waals surface area contributed by atoms with Crippen molar-refractivity contribution in [2.24, 2.45) is 0 Å². The number of nitrogens with one attached hydrogen (secondary N) is 1. The summed E-state index contributed by atoms with van der Waals surface area (Å²) in [7, 11) is 0. The Morgan fingerprint density at radius 3 is 2.65 bits per heavy atom. The number of furan rings is 1. The summed E-state index contributed by atoms with van der Waals surface area (Å²) in [5.41, 5.74) is 1.19. The molecule has 124 valence electrons. The van der Waals surface area contributed by atoms with Crippen molar-refractivity contribution < 1.29 is 4.42 Å². The summed E-state index contributed by atoms with van der Waals surface area (Å²) in [5, 5.41) is 3.46. The van der Waals surface area contributed by atoms with E-state index in [9.17, 15) is 0 Å². The molecule has 0 aliphatic carbocycles. The monoisotopic (exact) mass is 314 g/mol. The zero-order valence-corrected chi connectivity index (χ0v) is 14.0. The lowest BCUT2D eigenvalue weighted by atomic mass is 10.2. The highest BCUT2D eigenvalue weighted by Gasteiger charge is 2.16. The van der Waals surface area contributed by atoms with Crippen LogP contribution in [0.25, 0.3) is 0 Å². The van der Waals surface area contributed by atoms with Gasteiger partial charge in [-0.25, -0.2) is 4.98 Å². The van der Waals surface area contributed by atoms with E-state index in [-0.39, 0.29) is 6.04 Å². The molecule has 1 aliphatic heterocycles. The maximum Gasteiger partial charge on any atom is 0.128 e. The van der Waals surface area contributed by atoms with E-state index >= 15 is 0 Å². The molecule has 0 amide bonds. The van der Waals surface area contributed by atoms with Gasteiger partial charge in [0, 0.05) is 38.9 Å². The van der Waals surface area contributed by atoms with E-state index in [4.69, 9.17) is 4.42 Å². The predicted octanol–water partition coefficient (Wildman–Crippen LogP) is 2.67. The minimum absolute atomic E-state index is 0.201. The van der Waals surface area contributed by atoms with Crippen LogP contribution in [0, 0.1) is 0 Å². The summed E-state index contributed by atoms with van der Waals surface area (Å²) in [4.78, 5) is 9.48. The van der Waals surface area contributed by atoms with Crippen LogP contribution in [0.2, 0.25) is 0 Å². The van der Waals surface area contributed by atoms with Crippen LogP contribution in [0.3, 0.4) is 0 Å². The molecule has 1 fully saturated rings. The molecule has 0 radical (unpaired) electrons. The van der Waals surface area contributed by atoms with Gasteiger partial charge in [-0.05, 0) is 37.2 Å². The summed E-state index contributed by atoms with van der Waals surface area (Å²) in [5.74, 6) is 2.05. The van der Waals surface area contributed by atoms with E-state index in [2.05, 4.69) is 46.1 Å². The van der Waals surface area contributed by atoms with E-state index in [1.54, 1.807) is 6.26 Å². The minimum Gasteiger partial charge on any atom is -0.468 e. The van der Waals surface area contributed by atoms with Crippen LogP contribution in [-0.4, -0.2) is 42.6 Å². The average molecular weight is 314 g/mol. The van der Waals surface area contributed by atoms with Crippen molar-refractivity contribution in [2.45, 2.75) is 26.4 Å². The zero-order valence-electron chi connectivity index (χ0n) is 14.0. The van der Waals surface area contributed by atoms with E-state index < -0.39 is 0 Å². The summed E-state index contributed by atoms with van der Waals surface area (Å²) >= 11 is 0. The fraction of sp³-hybridized carbons (Fsp3) is 0.500. The van der Waals surface area contributed by atoms with Gasteiger partial charge in [0.1, 0.15) is 11.6 Å². The number of pyridine rings is 1. The molecule has 0 saturated carbocycles. The fourth-order valence-electron chi connectivity index (χ4n) is 2.91. The van der Waals surface area contributed by atoms with Gasteiger partial charge < -0.3 is 19.5 Å². The Labute approximate surface area is 138 Å². The molecule has 0 spiro atoms. The van der Waals surface area contributed by atoms with Crippen molar-refractivity contribution in [2.75, 3.05) is 37.6 Å². The van der Waals surface area contributed by atoms with Gasteiger partial charge in [-0.2, -0.15) is 0 Å². The van der Waals surface area contributed by atoms with Crippen LogP contribution in [0.4, 0.5) is 5.82 Å². The van der Waals surface area contributed by atoms with E-state index in [0.717, 1.165) is 50.8 Å². The first-order valence-corrected chi connectivity index (χ1v) is 8.45. The van der Waals surface area contributed by atoms with Crippen molar-refractivity contribution >= 4 is 5.82 Å². The second-order valence-electron chi connectivity index (χ2n) is 6.06. The van der Waals surface area contributed by atoms with Gasteiger partial charge >= 0.3 is 0 Å².